The minimum absolute atomic E-state index is 0.441. The molecular weight excluding hydrogens is 334 g/mol. The summed E-state index contributed by atoms with van der Waals surface area (Å²) in [5, 5.41) is 5.24. The number of anilines is 1. The molecule has 1 aliphatic rings. The van der Waals surface area contributed by atoms with E-state index in [2.05, 4.69) is 22.5 Å². The zero-order chi connectivity index (χ0) is 18.6. The number of morpholine rings is 1. The van der Waals surface area contributed by atoms with Gasteiger partial charge in [-0.25, -0.2) is 0 Å². The first-order chi connectivity index (χ1) is 12.7. The van der Waals surface area contributed by atoms with Crippen LogP contribution in [-0.4, -0.2) is 62.7 Å². The van der Waals surface area contributed by atoms with Crippen LogP contribution in [0.1, 0.15) is 26.2 Å². The van der Waals surface area contributed by atoms with E-state index in [1.165, 1.54) is 0 Å². The molecular formula is C19H29N3O4. The van der Waals surface area contributed by atoms with Crippen LogP contribution in [0.2, 0.25) is 0 Å². The molecule has 2 amide bonds. The quantitative estimate of drug-likeness (QED) is 0.515. The third kappa shape index (κ3) is 7.41. The molecule has 1 heterocycles. The number of carbonyl (C=O) groups excluding carboxylic acids is 2. The summed E-state index contributed by atoms with van der Waals surface area (Å²) in [6.45, 7) is 7.13. The topological polar surface area (TPSA) is 79.9 Å². The van der Waals surface area contributed by atoms with Gasteiger partial charge in [0.1, 0.15) is 5.75 Å². The van der Waals surface area contributed by atoms with E-state index in [-0.39, 0.29) is 0 Å². The van der Waals surface area contributed by atoms with Crippen molar-refractivity contribution in [2.45, 2.75) is 26.2 Å². The Morgan fingerprint density at radius 3 is 2.54 bits per heavy atom. The molecule has 2 rings (SSSR count). The number of hydrogen-bond acceptors (Lipinski definition) is 5. The molecule has 26 heavy (non-hydrogen) atoms. The molecule has 0 radical (unpaired) electrons. The van der Waals surface area contributed by atoms with Crippen LogP contribution < -0.4 is 15.4 Å². The van der Waals surface area contributed by atoms with Gasteiger partial charge in [-0.15, -0.1) is 0 Å². The zero-order valence-corrected chi connectivity index (χ0v) is 15.5. The van der Waals surface area contributed by atoms with E-state index in [1.54, 1.807) is 24.3 Å². The average Bonchev–Trinajstić information content (AvgIpc) is 2.67. The van der Waals surface area contributed by atoms with Crippen LogP contribution >= 0.6 is 0 Å². The smallest absolute Gasteiger partial charge is 0.313 e. The highest BCUT2D eigenvalue weighted by molar-refractivity contribution is 6.39. The second kappa shape index (κ2) is 11.5. The fourth-order valence-corrected chi connectivity index (χ4v) is 2.60. The predicted molar refractivity (Wildman–Crippen MR) is 100 cm³/mol. The molecule has 0 aromatic heterocycles. The van der Waals surface area contributed by atoms with E-state index in [0.29, 0.717) is 38.6 Å². The van der Waals surface area contributed by atoms with E-state index >= 15 is 0 Å². The van der Waals surface area contributed by atoms with Crippen molar-refractivity contribution < 1.29 is 19.1 Å². The molecule has 0 atom stereocenters. The summed E-state index contributed by atoms with van der Waals surface area (Å²) < 4.78 is 10.9. The van der Waals surface area contributed by atoms with Crippen LogP contribution in [0.3, 0.4) is 0 Å². The number of ether oxygens (including phenoxy) is 2. The van der Waals surface area contributed by atoms with E-state index in [1.807, 2.05) is 0 Å². The third-order valence-electron chi connectivity index (χ3n) is 4.15. The fourth-order valence-electron chi connectivity index (χ4n) is 2.60. The maximum absolute atomic E-state index is 11.9. The Bertz CT molecular complexity index is 556. The lowest BCUT2D eigenvalue weighted by Crippen LogP contribution is -2.43. The molecule has 1 aromatic rings. The first-order valence-corrected chi connectivity index (χ1v) is 9.31. The van der Waals surface area contributed by atoms with Gasteiger partial charge >= 0.3 is 11.8 Å². The van der Waals surface area contributed by atoms with E-state index in [0.717, 1.165) is 38.1 Å². The largest absolute Gasteiger partial charge is 0.494 e. The Kier molecular flexibility index (Phi) is 8.92. The molecule has 0 bridgehead atoms. The third-order valence-corrected chi connectivity index (χ3v) is 4.15. The lowest BCUT2D eigenvalue weighted by molar-refractivity contribution is -0.136. The number of unbranched alkanes of at least 4 members (excludes halogenated alkanes) is 2. The maximum Gasteiger partial charge on any atom is 0.313 e. The second-order valence-electron chi connectivity index (χ2n) is 6.24. The maximum atomic E-state index is 11.9. The van der Waals surface area contributed by atoms with Gasteiger partial charge in [-0.2, -0.15) is 0 Å². The van der Waals surface area contributed by atoms with Gasteiger partial charge in [0.05, 0.1) is 19.8 Å². The zero-order valence-electron chi connectivity index (χ0n) is 15.5. The van der Waals surface area contributed by atoms with Gasteiger partial charge in [0.15, 0.2) is 0 Å². The highest BCUT2D eigenvalue weighted by Gasteiger charge is 2.15. The van der Waals surface area contributed by atoms with Crippen LogP contribution in [0.25, 0.3) is 0 Å². The van der Waals surface area contributed by atoms with Crippen molar-refractivity contribution in [3.8, 4) is 5.75 Å². The van der Waals surface area contributed by atoms with E-state index < -0.39 is 11.8 Å². The Morgan fingerprint density at radius 2 is 1.85 bits per heavy atom. The Hall–Kier alpha value is -2.12. The van der Waals surface area contributed by atoms with Crippen molar-refractivity contribution in [2.24, 2.45) is 0 Å². The number of nitrogens with one attached hydrogen (secondary N) is 2. The van der Waals surface area contributed by atoms with Crippen molar-refractivity contribution in [3.63, 3.8) is 0 Å². The van der Waals surface area contributed by atoms with Crippen LogP contribution in [0, 0.1) is 0 Å². The molecule has 0 spiro atoms. The van der Waals surface area contributed by atoms with Crippen LogP contribution in [-0.2, 0) is 14.3 Å². The van der Waals surface area contributed by atoms with E-state index in [9.17, 15) is 9.59 Å². The monoisotopic (exact) mass is 363 g/mol. The van der Waals surface area contributed by atoms with Crippen molar-refractivity contribution in [3.05, 3.63) is 24.3 Å². The minimum Gasteiger partial charge on any atom is -0.494 e. The van der Waals surface area contributed by atoms with Gasteiger partial charge in [0.2, 0.25) is 0 Å². The average molecular weight is 363 g/mol. The number of hydrogen-bond donors (Lipinski definition) is 2. The number of rotatable bonds is 9. The van der Waals surface area contributed by atoms with Crippen molar-refractivity contribution in [2.75, 3.05) is 51.3 Å². The summed E-state index contributed by atoms with van der Waals surface area (Å²) in [7, 11) is 0. The lowest BCUT2D eigenvalue weighted by Gasteiger charge is -2.26. The van der Waals surface area contributed by atoms with Crippen LogP contribution in [0.15, 0.2) is 24.3 Å². The molecule has 0 aliphatic carbocycles. The Balaban J connectivity index is 1.66. The molecule has 7 nitrogen and oxygen atoms in total. The molecule has 1 saturated heterocycles. The van der Waals surface area contributed by atoms with Gasteiger partial charge < -0.3 is 20.1 Å². The van der Waals surface area contributed by atoms with Crippen molar-refractivity contribution in [1.29, 1.82) is 0 Å². The molecule has 1 fully saturated rings. The Morgan fingerprint density at radius 1 is 1.12 bits per heavy atom. The summed E-state index contributed by atoms with van der Waals surface area (Å²) in [5.74, 6) is -0.532. The van der Waals surface area contributed by atoms with Gasteiger partial charge in [-0.1, -0.05) is 19.8 Å². The highest BCUT2D eigenvalue weighted by atomic mass is 16.5. The van der Waals surface area contributed by atoms with Gasteiger partial charge in [-0.3, -0.25) is 14.5 Å². The van der Waals surface area contributed by atoms with Crippen LogP contribution in [0.4, 0.5) is 5.69 Å². The van der Waals surface area contributed by atoms with Gasteiger partial charge in [-0.05, 0) is 30.7 Å². The number of nitrogens with zero attached hydrogens (tertiary/aromatic N) is 1. The van der Waals surface area contributed by atoms with Gasteiger partial charge in [0.25, 0.3) is 0 Å². The summed E-state index contributed by atoms with van der Waals surface area (Å²) in [5.41, 5.74) is 0.569. The summed E-state index contributed by atoms with van der Waals surface area (Å²) >= 11 is 0. The standard InChI is InChI=1S/C19H29N3O4/c1-2-3-4-13-26-17-7-5-16(6-8-17)21-19(24)18(23)20-9-10-22-11-14-25-15-12-22/h5-8H,2-4,9-15H2,1H3,(H,20,23)(H,21,24). The molecule has 0 unspecified atom stereocenters. The molecule has 2 N–H and O–H groups in total. The first kappa shape index (κ1) is 20.2. The Labute approximate surface area is 155 Å². The van der Waals surface area contributed by atoms with Crippen molar-refractivity contribution >= 4 is 17.5 Å². The van der Waals surface area contributed by atoms with Crippen molar-refractivity contribution in [1.82, 2.24) is 10.2 Å². The number of amides is 2. The second-order valence-corrected chi connectivity index (χ2v) is 6.24. The minimum atomic E-state index is -0.663. The first-order valence-electron chi connectivity index (χ1n) is 9.31. The van der Waals surface area contributed by atoms with Gasteiger partial charge in [0, 0.05) is 31.9 Å². The molecule has 0 saturated carbocycles. The lowest BCUT2D eigenvalue weighted by atomic mass is 10.2. The predicted octanol–water partition coefficient (Wildman–Crippen LogP) is 1.64. The normalized spacial score (nSPS) is 14.7. The van der Waals surface area contributed by atoms with Crippen LogP contribution in [0.5, 0.6) is 5.75 Å². The molecule has 7 heteroatoms. The summed E-state index contributed by atoms with van der Waals surface area (Å²) in [6.07, 6.45) is 3.33. The van der Waals surface area contributed by atoms with E-state index in [4.69, 9.17) is 9.47 Å². The SMILES string of the molecule is CCCCCOc1ccc(NC(=O)C(=O)NCCN2CCOCC2)cc1. The number of benzene rings is 1. The molecule has 1 aliphatic heterocycles. The summed E-state index contributed by atoms with van der Waals surface area (Å²) in [4.78, 5) is 26.0. The summed E-state index contributed by atoms with van der Waals surface area (Å²) in [6, 6.07) is 7.04. The fraction of sp³-hybridized carbons (Fsp3) is 0.579. The number of carbonyl (C=O) groups is 2. The highest BCUT2D eigenvalue weighted by Crippen LogP contribution is 2.16. The molecule has 144 valence electrons. The molecule has 1 aromatic carbocycles.